The molecule has 0 spiro atoms. The summed E-state index contributed by atoms with van der Waals surface area (Å²) in [6, 6.07) is 12.9. The molecular formula is C20H23NO2. The lowest BCUT2D eigenvalue weighted by molar-refractivity contribution is -0.122. The standard InChI is InChI=1S/C20H23NO2/c1-23-18-11-9-15(12-21-20(22)14-6-7-14)19-16-5-3-2-4-13(16)8-10-17(18)19/h2-5,8,10,14-15,18H,6-7,9,11-12H2,1H3,(H,21,22). The van der Waals surface area contributed by atoms with Crippen molar-refractivity contribution in [2.24, 2.45) is 5.92 Å². The van der Waals surface area contributed by atoms with E-state index in [-0.39, 0.29) is 17.9 Å². The molecule has 0 radical (unpaired) electrons. The molecule has 1 N–H and O–H groups in total. The predicted octanol–water partition coefficient (Wildman–Crippen LogP) is 3.93. The molecule has 2 aromatic carbocycles. The van der Waals surface area contributed by atoms with E-state index in [9.17, 15) is 4.79 Å². The molecule has 23 heavy (non-hydrogen) atoms. The van der Waals surface area contributed by atoms with Gasteiger partial charge in [0.25, 0.3) is 0 Å². The number of ether oxygens (including phenoxy) is 1. The van der Waals surface area contributed by atoms with Gasteiger partial charge in [0.15, 0.2) is 0 Å². The highest BCUT2D eigenvalue weighted by Crippen LogP contribution is 2.42. The highest BCUT2D eigenvalue weighted by Gasteiger charge is 2.32. The van der Waals surface area contributed by atoms with Crippen LogP contribution in [0.15, 0.2) is 36.4 Å². The number of fused-ring (bicyclic) bond motifs is 3. The predicted molar refractivity (Wildman–Crippen MR) is 91.4 cm³/mol. The minimum atomic E-state index is 0.171. The Labute approximate surface area is 137 Å². The molecule has 1 saturated carbocycles. The van der Waals surface area contributed by atoms with Crippen molar-refractivity contribution in [3.63, 3.8) is 0 Å². The van der Waals surface area contributed by atoms with E-state index in [2.05, 4.69) is 41.7 Å². The van der Waals surface area contributed by atoms with Crippen LogP contribution in [0.5, 0.6) is 0 Å². The Hall–Kier alpha value is -1.87. The van der Waals surface area contributed by atoms with Gasteiger partial charge in [-0.3, -0.25) is 4.79 Å². The third kappa shape index (κ3) is 2.74. The zero-order valence-electron chi connectivity index (χ0n) is 13.5. The quantitative estimate of drug-likeness (QED) is 0.929. The van der Waals surface area contributed by atoms with Crippen LogP contribution >= 0.6 is 0 Å². The van der Waals surface area contributed by atoms with Crippen molar-refractivity contribution in [3.05, 3.63) is 47.5 Å². The number of hydrogen-bond donors (Lipinski definition) is 1. The summed E-state index contributed by atoms with van der Waals surface area (Å²) in [7, 11) is 1.79. The third-order valence-corrected chi connectivity index (χ3v) is 5.29. The second-order valence-electron chi connectivity index (χ2n) is 6.81. The molecule has 0 aliphatic heterocycles. The van der Waals surface area contributed by atoms with E-state index in [1.165, 1.54) is 21.9 Å². The average Bonchev–Trinajstić information content (AvgIpc) is 3.44. The summed E-state index contributed by atoms with van der Waals surface area (Å²) in [5, 5.41) is 5.74. The largest absolute Gasteiger partial charge is 0.377 e. The molecule has 1 fully saturated rings. The van der Waals surface area contributed by atoms with Crippen LogP contribution in [0, 0.1) is 5.92 Å². The Morgan fingerprint density at radius 1 is 1.13 bits per heavy atom. The number of carbonyl (C=O) groups excluding carboxylic acids is 1. The molecule has 0 saturated heterocycles. The Morgan fingerprint density at radius 3 is 2.74 bits per heavy atom. The molecule has 4 rings (SSSR count). The van der Waals surface area contributed by atoms with Crippen LogP contribution in [0.25, 0.3) is 10.8 Å². The van der Waals surface area contributed by atoms with E-state index in [4.69, 9.17) is 4.74 Å². The van der Waals surface area contributed by atoms with Crippen molar-refractivity contribution in [1.29, 1.82) is 0 Å². The second kappa shape index (κ2) is 5.97. The van der Waals surface area contributed by atoms with E-state index in [1.54, 1.807) is 7.11 Å². The minimum Gasteiger partial charge on any atom is -0.377 e. The van der Waals surface area contributed by atoms with Crippen molar-refractivity contribution in [2.75, 3.05) is 13.7 Å². The van der Waals surface area contributed by atoms with Crippen LogP contribution in [0.3, 0.4) is 0 Å². The Balaban J connectivity index is 1.69. The van der Waals surface area contributed by atoms with Gasteiger partial charge in [0.05, 0.1) is 6.10 Å². The van der Waals surface area contributed by atoms with Gasteiger partial charge in [-0.15, -0.1) is 0 Å². The smallest absolute Gasteiger partial charge is 0.223 e. The van der Waals surface area contributed by atoms with Crippen molar-refractivity contribution in [3.8, 4) is 0 Å². The van der Waals surface area contributed by atoms with Gasteiger partial charge in [-0.25, -0.2) is 0 Å². The Kier molecular flexibility index (Phi) is 3.82. The van der Waals surface area contributed by atoms with Crippen LogP contribution in [-0.2, 0) is 9.53 Å². The average molecular weight is 309 g/mol. The number of methoxy groups -OCH3 is 1. The summed E-state index contributed by atoms with van der Waals surface area (Å²) in [5.41, 5.74) is 2.67. The first-order chi connectivity index (χ1) is 11.3. The molecular weight excluding hydrogens is 286 g/mol. The molecule has 1 amide bonds. The summed E-state index contributed by atoms with van der Waals surface area (Å²) in [6.45, 7) is 0.743. The molecule has 2 aliphatic carbocycles. The fraction of sp³-hybridized carbons (Fsp3) is 0.450. The lowest BCUT2D eigenvalue weighted by Gasteiger charge is -2.32. The van der Waals surface area contributed by atoms with Gasteiger partial charge in [-0.2, -0.15) is 0 Å². The molecule has 0 bridgehead atoms. The van der Waals surface area contributed by atoms with E-state index >= 15 is 0 Å². The van der Waals surface area contributed by atoms with Gasteiger partial charge in [0, 0.05) is 25.5 Å². The molecule has 2 atom stereocenters. The summed E-state index contributed by atoms with van der Waals surface area (Å²) >= 11 is 0. The van der Waals surface area contributed by atoms with Crippen LogP contribution in [0.2, 0.25) is 0 Å². The van der Waals surface area contributed by atoms with Gasteiger partial charge in [0.2, 0.25) is 5.91 Å². The lowest BCUT2D eigenvalue weighted by Crippen LogP contribution is -2.31. The van der Waals surface area contributed by atoms with Gasteiger partial charge >= 0.3 is 0 Å². The molecule has 2 aliphatic rings. The van der Waals surface area contributed by atoms with Crippen molar-refractivity contribution in [2.45, 2.75) is 37.7 Å². The third-order valence-electron chi connectivity index (χ3n) is 5.29. The van der Waals surface area contributed by atoms with Gasteiger partial charge in [-0.05, 0) is 47.6 Å². The normalized spacial score (nSPS) is 23.5. The maximum Gasteiger partial charge on any atom is 0.223 e. The second-order valence-corrected chi connectivity index (χ2v) is 6.81. The highest BCUT2D eigenvalue weighted by atomic mass is 16.5. The van der Waals surface area contributed by atoms with Crippen molar-refractivity contribution >= 4 is 16.7 Å². The first-order valence-corrected chi connectivity index (χ1v) is 8.60. The summed E-state index contributed by atoms with van der Waals surface area (Å²) in [5.74, 6) is 0.892. The highest BCUT2D eigenvalue weighted by molar-refractivity contribution is 5.88. The van der Waals surface area contributed by atoms with Crippen molar-refractivity contribution in [1.82, 2.24) is 5.32 Å². The maximum absolute atomic E-state index is 12.0. The van der Waals surface area contributed by atoms with Crippen LogP contribution in [0.1, 0.15) is 48.8 Å². The van der Waals surface area contributed by atoms with E-state index in [0.29, 0.717) is 5.92 Å². The van der Waals surface area contributed by atoms with Crippen LogP contribution < -0.4 is 5.32 Å². The Bertz CT molecular complexity index is 735. The van der Waals surface area contributed by atoms with E-state index < -0.39 is 0 Å². The van der Waals surface area contributed by atoms with Crippen LogP contribution in [0.4, 0.5) is 0 Å². The minimum absolute atomic E-state index is 0.171. The number of amides is 1. The molecule has 3 nitrogen and oxygen atoms in total. The SMILES string of the molecule is COC1CCC(CNC(=O)C2CC2)c2c1ccc1ccccc21. The molecule has 2 unspecified atom stereocenters. The van der Waals surface area contributed by atoms with E-state index in [0.717, 1.165) is 32.2 Å². The van der Waals surface area contributed by atoms with Crippen LogP contribution in [-0.4, -0.2) is 19.6 Å². The summed E-state index contributed by atoms with van der Waals surface area (Å²) in [6.07, 6.45) is 4.37. The Morgan fingerprint density at radius 2 is 1.96 bits per heavy atom. The topological polar surface area (TPSA) is 38.3 Å². The number of rotatable bonds is 4. The molecule has 3 heteroatoms. The first-order valence-electron chi connectivity index (χ1n) is 8.60. The maximum atomic E-state index is 12.0. The molecule has 0 heterocycles. The number of benzene rings is 2. The number of hydrogen-bond acceptors (Lipinski definition) is 2. The zero-order valence-corrected chi connectivity index (χ0v) is 13.5. The van der Waals surface area contributed by atoms with Crippen molar-refractivity contribution < 1.29 is 9.53 Å². The van der Waals surface area contributed by atoms with Gasteiger partial charge in [0.1, 0.15) is 0 Å². The van der Waals surface area contributed by atoms with Gasteiger partial charge in [-0.1, -0.05) is 36.4 Å². The number of carbonyl (C=O) groups is 1. The summed E-state index contributed by atoms with van der Waals surface area (Å²) < 4.78 is 5.70. The molecule has 2 aromatic rings. The zero-order chi connectivity index (χ0) is 15.8. The number of nitrogens with one attached hydrogen (secondary N) is 1. The lowest BCUT2D eigenvalue weighted by atomic mass is 9.78. The fourth-order valence-electron chi connectivity index (χ4n) is 3.86. The van der Waals surface area contributed by atoms with E-state index in [1.807, 2.05) is 0 Å². The first kappa shape index (κ1) is 14.7. The molecule has 0 aromatic heterocycles. The summed E-state index contributed by atoms with van der Waals surface area (Å²) in [4.78, 5) is 12.0. The molecule has 120 valence electrons. The fourth-order valence-corrected chi connectivity index (χ4v) is 3.86. The van der Waals surface area contributed by atoms with Gasteiger partial charge < -0.3 is 10.1 Å². The monoisotopic (exact) mass is 309 g/mol.